The van der Waals surface area contributed by atoms with Crippen LogP contribution in [-0.2, 0) is 0 Å². The number of allylic oxidation sites excluding steroid dienone is 3. The number of rotatable bonds is 2. The molecule has 0 aromatic carbocycles. The molecule has 0 unspecified atom stereocenters. The lowest BCUT2D eigenvalue weighted by atomic mass is 10.1. The van der Waals surface area contributed by atoms with Gasteiger partial charge in [-0.15, -0.1) is 0 Å². The highest BCUT2D eigenvalue weighted by atomic mass is 32.2. The van der Waals surface area contributed by atoms with Gasteiger partial charge in [-0.3, -0.25) is 0 Å². The molecule has 1 heterocycles. The first kappa shape index (κ1) is 11.6. The maximum absolute atomic E-state index is 3.77. The van der Waals surface area contributed by atoms with Crippen LogP contribution < -0.4 is 0 Å². The Balaban J connectivity index is 0.000000561. The van der Waals surface area contributed by atoms with Crippen molar-refractivity contribution in [1.29, 1.82) is 0 Å². The molecule has 1 rings (SSSR count). The normalized spacial score (nSPS) is 16.2. The van der Waals surface area contributed by atoms with Gasteiger partial charge in [0.25, 0.3) is 0 Å². The quantitative estimate of drug-likeness (QED) is 0.625. The average Bonchev–Trinajstić information content (AvgIpc) is 2.56. The maximum Gasteiger partial charge on any atom is 0.0190 e. The van der Waals surface area contributed by atoms with Crippen molar-refractivity contribution < 1.29 is 0 Å². The highest BCUT2D eigenvalue weighted by Gasteiger charge is 2.08. The van der Waals surface area contributed by atoms with Gasteiger partial charge >= 0.3 is 0 Å². The summed E-state index contributed by atoms with van der Waals surface area (Å²) in [5.74, 6) is 2.30. The predicted molar refractivity (Wildman–Crippen MR) is 60.7 cm³/mol. The van der Waals surface area contributed by atoms with E-state index in [4.69, 9.17) is 0 Å². The minimum Gasteiger partial charge on any atom is -0.152 e. The molecule has 0 spiro atoms. The molecule has 0 amide bonds. The molecule has 0 atom stereocenters. The van der Waals surface area contributed by atoms with Gasteiger partial charge in [0.1, 0.15) is 0 Å². The second-order valence-corrected chi connectivity index (χ2v) is 3.23. The Bertz CT molecular complexity index is 187. The summed E-state index contributed by atoms with van der Waals surface area (Å²) in [5.41, 5.74) is 2.85. The fourth-order valence-electron chi connectivity index (χ4n) is 1.00. The second kappa shape index (κ2) is 7.23. The molecule has 0 saturated carbocycles. The molecule has 0 saturated heterocycles. The van der Waals surface area contributed by atoms with E-state index in [9.17, 15) is 0 Å². The average molecular weight is 182 g/mol. The highest BCUT2D eigenvalue weighted by Crippen LogP contribution is 2.25. The van der Waals surface area contributed by atoms with E-state index in [0.717, 1.165) is 11.5 Å². The molecule has 68 valence electrons. The molecule has 0 N–H and O–H groups in total. The van der Waals surface area contributed by atoms with Gasteiger partial charge < -0.3 is 0 Å². The van der Waals surface area contributed by atoms with Gasteiger partial charge in [-0.05, 0) is 18.1 Å². The molecular formula is C11H18S. The fourth-order valence-corrected chi connectivity index (χ4v) is 2.13. The van der Waals surface area contributed by atoms with Crippen LogP contribution in [0, 0.1) is 0 Å². The summed E-state index contributed by atoms with van der Waals surface area (Å²) in [6, 6.07) is 0. The predicted octanol–water partition coefficient (Wildman–Crippen LogP) is 3.82. The van der Waals surface area contributed by atoms with Crippen molar-refractivity contribution in [2.24, 2.45) is 0 Å². The molecule has 0 aromatic rings. The summed E-state index contributed by atoms with van der Waals surface area (Å²) < 4.78 is 0. The molecule has 0 nitrogen and oxygen atoms in total. The van der Waals surface area contributed by atoms with Crippen LogP contribution in [0.3, 0.4) is 0 Å². The summed E-state index contributed by atoms with van der Waals surface area (Å²) >= 11 is 1.96. The van der Waals surface area contributed by atoms with Crippen molar-refractivity contribution in [2.75, 3.05) is 11.5 Å². The SMILES string of the molecule is C=CC1=C(/C=C\C)CSC1.CC. The molecule has 0 aromatic heterocycles. The summed E-state index contributed by atoms with van der Waals surface area (Å²) in [5, 5.41) is 0. The van der Waals surface area contributed by atoms with Crippen molar-refractivity contribution in [3.8, 4) is 0 Å². The summed E-state index contributed by atoms with van der Waals surface area (Å²) in [6.07, 6.45) is 6.23. The van der Waals surface area contributed by atoms with E-state index < -0.39 is 0 Å². The summed E-state index contributed by atoms with van der Waals surface area (Å²) in [7, 11) is 0. The molecule has 0 aliphatic carbocycles. The monoisotopic (exact) mass is 182 g/mol. The van der Waals surface area contributed by atoms with E-state index in [-0.39, 0.29) is 0 Å². The largest absolute Gasteiger partial charge is 0.152 e. The van der Waals surface area contributed by atoms with E-state index in [0.29, 0.717) is 0 Å². The Morgan fingerprint density at radius 2 is 1.83 bits per heavy atom. The lowest BCUT2D eigenvalue weighted by Gasteiger charge is -1.92. The number of hydrogen-bond acceptors (Lipinski definition) is 1. The zero-order valence-corrected chi connectivity index (χ0v) is 9.08. The topological polar surface area (TPSA) is 0 Å². The van der Waals surface area contributed by atoms with Crippen LogP contribution in [-0.4, -0.2) is 11.5 Å². The van der Waals surface area contributed by atoms with Crippen molar-refractivity contribution in [3.05, 3.63) is 36.0 Å². The fraction of sp³-hybridized carbons (Fsp3) is 0.455. The Morgan fingerprint density at radius 1 is 1.25 bits per heavy atom. The highest BCUT2D eigenvalue weighted by molar-refractivity contribution is 7.99. The Labute approximate surface area is 80.4 Å². The number of thioether (sulfide) groups is 1. The zero-order valence-electron chi connectivity index (χ0n) is 8.26. The third-order valence-electron chi connectivity index (χ3n) is 1.54. The van der Waals surface area contributed by atoms with Crippen molar-refractivity contribution in [1.82, 2.24) is 0 Å². The van der Waals surface area contributed by atoms with Gasteiger partial charge in [0.2, 0.25) is 0 Å². The lowest BCUT2D eigenvalue weighted by molar-refractivity contribution is 1.45. The van der Waals surface area contributed by atoms with E-state index >= 15 is 0 Å². The molecule has 0 fully saturated rings. The minimum atomic E-state index is 1.14. The van der Waals surface area contributed by atoms with Gasteiger partial charge in [0.05, 0.1) is 0 Å². The van der Waals surface area contributed by atoms with E-state index in [1.54, 1.807) is 0 Å². The van der Waals surface area contributed by atoms with Crippen molar-refractivity contribution in [3.63, 3.8) is 0 Å². The Hall–Kier alpha value is -0.430. The maximum atomic E-state index is 3.77. The van der Waals surface area contributed by atoms with Gasteiger partial charge in [-0.1, -0.05) is 38.7 Å². The second-order valence-electron chi connectivity index (χ2n) is 2.25. The molecule has 12 heavy (non-hydrogen) atoms. The standard InChI is InChI=1S/C9H12S.C2H6/c1-3-5-9-7-10-6-8(9)4-2;1-2/h3-5H,2,6-7H2,1H3;1-2H3/b5-3-;. The first-order chi connectivity index (χ1) is 5.88. The van der Waals surface area contributed by atoms with Crippen LogP contribution in [0.1, 0.15) is 20.8 Å². The summed E-state index contributed by atoms with van der Waals surface area (Å²) in [6.45, 7) is 9.82. The van der Waals surface area contributed by atoms with Crippen molar-refractivity contribution in [2.45, 2.75) is 20.8 Å². The smallest absolute Gasteiger partial charge is 0.0190 e. The van der Waals surface area contributed by atoms with Gasteiger partial charge in [0.15, 0.2) is 0 Å². The molecular weight excluding hydrogens is 164 g/mol. The van der Waals surface area contributed by atoms with Crippen molar-refractivity contribution >= 4 is 11.8 Å². The molecule has 0 bridgehead atoms. The molecule has 0 radical (unpaired) electrons. The first-order valence-corrected chi connectivity index (χ1v) is 5.59. The lowest BCUT2D eigenvalue weighted by Crippen LogP contribution is -1.79. The third kappa shape index (κ3) is 3.31. The van der Waals surface area contributed by atoms with Crippen LogP contribution in [0.4, 0.5) is 0 Å². The van der Waals surface area contributed by atoms with Crippen LogP contribution in [0.25, 0.3) is 0 Å². The first-order valence-electron chi connectivity index (χ1n) is 4.43. The van der Waals surface area contributed by atoms with Crippen LogP contribution in [0.15, 0.2) is 36.0 Å². The zero-order chi connectivity index (χ0) is 9.40. The van der Waals surface area contributed by atoms with Crippen LogP contribution >= 0.6 is 11.8 Å². The Kier molecular flexibility index (Phi) is 6.97. The number of hydrogen-bond donors (Lipinski definition) is 0. The third-order valence-corrected chi connectivity index (χ3v) is 2.57. The Morgan fingerprint density at radius 3 is 2.33 bits per heavy atom. The van der Waals surface area contributed by atoms with E-state index in [1.807, 2.05) is 31.7 Å². The van der Waals surface area contributed by atoms with Gasteiger partial charge in [-0.25, -0.2) is 0 Å². The van der Waals surface area contributed by atoms with Gasteiger partial charge in [-0.2, -0.15) is 11.8 Å². The molecule has 1 aliphatic rings. The van der Waals surface area contributed by atoms with Crippen LogP contribution in [0.2, 0.25) is 0 Å². The summed E-state index contributed by atoms with van der Waals surface area (Å²) in [4.78, 5) is 0. The van der Waals surface area contributed by atoms with Gasteiger partial charge in [0, 0.05) is 11.5 Å². The van der Waals surface area contributed by atoms with E-state index in [2.05, 4.69) is 25.7 Å². The van der Waals surface area contributed by atoms with Crippen LogP contribution in [0.5, 0.6) is 0 Å². The minimum absolute atomic E-state index is 1.14. The molecule has 1 aliphatic heterocycles. The van der Waals surface area contributed by atoms with E-state index in [1.165, 1.54) is 11.1 Å². The molecule has 1 heteroatoms.